The maximum Gasteiger partial charge on any atom is 0.124 e. The van der Waals surface area contributed by atoms with E-state index in [0.717, 1.165) is 31.4 Å². The third-order valence-electron chi connectivity index (χ3n) is 3.73. The fraction of sp³-hybridized carbons (Fsp3) is 0.500. The first kappa shape index (κ1) is 14.2. The summed E-state index contributed by atoms with van der Waals surface area (Å²) < 4.78 is 0. The van der Waals surface area contributed by atoms with Gasteiger partial charge in [-0.15, -0.1) is 0 Å². The van der Waals surface area contributed by atoms with Gasteiger partial charge in [-0.25, -0.2) is 0 Å². The molecule has 4 nitrogen and oxygen atoms in total. The van der Waals surface area contributed by atoms with E-state index in [1.807, 2.05) is 11.9 Å². The molecule has 1 saturated carbocycles. The van der Waals surface area contributed by atoms with Gasteiger partial charge in [0.25, 0.3) is 0 Å². The third-order valence-corrected chi connectivity index (χ3v) is 3.96. The number of amidine groups is 1. The van der Waals surface area contributed by atoms with E-state index in [1.54, 1.807) is 18.2 Å². The van der Waals surface area contributed by atoms with Gasteiger partial charge in [-0.3, -0.25) is 5.41 Å². The van der Waals surface area contributed by atoms with Crippen LogP contribution in [-0.2, 0) is 0 Å². The zero-order chi connectivity index (χ0) is 14.0. The molecule has 0 saturated heterocycles. The lowest BCUT2D eigenvalue weighted by Gasteiger charge is -2.31. The first-order valence-corrected chi connectivity index (χ1v) is 6.86. The maximum absolute atomic E-state index is 10.5. The van der Waals surface area contributed by atoms with Crippen molar-refractivity contribution in [1.29, 1.82) is 5.41 Å². The zero-order valence-electron chi connectivity index (χ0n) is 11.1. The molecule has 0 aromatic heterocycles. The van der Waals surface area contributed by atoms with Gasteiger partial charge < -0.3 is 15.7 Å². The minimum atomic E-state index is -0.634. The summed E-state index contributed by atoms with van der Waals surface area (Å²) in [7, 11) is 1.90. The molecule has 2 rings (SSSR count). The maximum atomic E-state index is 10.5. The predicted molar refractivity (Wildman–Crippen MR) is 79.2 cm³/mol. The molecule has 19 heavy (non-hydrogen) atoms. The second-order valence-electron chi connectivity index (χ2n) is 5.36. The molecule has 0 spiro atoms. The van der Waals surface area contributed by atoms with Gasteiger partial charge in [0.05, 0.1) is 5.60 Å². The van der Waals surface area contributed by atoms with E-state index in [2.05, 4.69) is 0 Å². The van der Waals surface area contributed by atoms with Crippen LogP contribution in [0.15, 0.2) is 18.2 Å². The van der Waals surface area contributed by atoms with Crippen LogP contribution in [0.1, 0.15) is 31.2 Å². The number of halogens is 1. The van der Waals surface area contributed by atoms with E-state index in [1.165, 1.54) is 0 Å². The molecule has 1 aromatic rings. The highest BCUT2D eigenvalue weighted by Gasteiger charge is 2.32. The van der Waals surface area contributed by atoms with Crippen molar-refractivity contribution in [3.63, 3.8) is 0 Å². The van der Waals surface area contributed by atoms with Crippen molar-refractivity contribution in [1.82, 2.24) is 0 Å². The minimum absolute atomic E-state index is 0.0110. The van der Waals surface area contributed by atoms with Crippen molar-refractivity contribution in [3.8, 4) is 0 Å². The van der Waals surface area contributed by atoms with Crippen LogP contribution in [-0.4, -0.2) is 30.1 Å². The Morgan fingerprint density at radius 2 is 2.11 bits per heavy atom. The number of hydrogen-bond acceptors (Lipinski definition) is 3. The average Bonchev–Trinajstić information content (AvgIpc) is 2.75. The molecule has 4 N–H and O–H groups in total. The highest BCUT2D eigenvalue weighted by molar-refractivity contribution is 6.31. The summed E-state index contributed by atoms with van der Waals surface area (Å²) in [4.78, 5) is 1.94. The van der Waals surface area contributed by atoms with Gasteiger partial charge in [-0.05, 0) is 31.0 Å². The van der Waals surface area contributed by atoms with Gasteiger partial charge in [0.1, 0.15) is 5.84 Å². The number of aliphatic hydroxyl groups is 1. The summed E-state index contributed by atoms with van der Waals surface area (Å²) in [6.07, 6.45) is 3.79. The summed E-state index contributed by atoms with van der Waals surface area (Å²) in [6, 6.07) is 5.26. The van der Waals surface area contributed by atoms with Crippen molar-refractivity contribution < 1.29 is 5.11 Å². The molecule has 1 aromatic carbocycles. The third kappa shape index (κ3) is 3.19. The molecule has 1 fully saturated rings. The molecule has 0 atom stereocenters. The predicted octanol–water partition coefficient (Wildman–Crippen LogP) is 2.37. The van der Waals surface area contributed by atoms with Crippen LogP contribution in [0.3, 0.4) is 0 Å². The molecule has 1 aliphatic carbocycles. The van der Waals surface area contributed by atoms with E-state index in [-0.39, 0.29) is 5.84 Å². The highest BCUT2D eigenvalue weighted by atomic mass is 35.5. The Kier molecular flexibility index (Phi) is 4.02. The van der Waals surface area contributed by atoms with Gasteiger partial charge >= 0.3 is 0 Å². The smallest absolute Gasteiger partial charge is 0.124 e. The van der Waals surface area contributed by atoms with Crippen LogP contribution in [0.25, 0.3) is 0 Å². The lowest BCUT2D eigenvalue weighted by atomic mass is 10.0. The molecule has 104 valence electrons. The lowest BCUT2D eigenvalue weighted by Crippen LogP contribution is -2.40. The Labute approximate surface area is 118 Å². The largest absolute Gasteiger partial charge is 0.388 e. The number of nitrogens with two attached hydrogens (primary N) is 1. The number of anilines is 1. The normalized spacial score (nSPS) is 17.4. The summed E-state index contributed by atoms with van der Waals surface area (Å²) >= 11 is 6.02. The van der Waals surface area contributed by atoms with E-state index in [0.29, 0.717) is 17.1 Å². The Morgan fingerprint density at radius 3 is 2.68 bits per heavy atom. The lowest BCUT2D eigenvalue weighted by molar-refractivity contribution is 0.0559. The number of nitrogens with zero attached hydrogens (tertiary/aromatic N) is 1. The summed E-state index contributed by atoms with van der Waals surface area (Å²) in [6.45, 7) is 0.535. The molecular formula is C14H20ClN3O. The van der Waals surface area contributed by atoms with E-state index in [9.17, 15) is 5.11 Å². The molecule has 0 amide bonds. The summed E-state index contributed by atoms with van der Waals surface area (Å²) in [5.41, 5.74) is 6.40. The zero-order valence-corrected chi connectivity index (χ0v) is 11.9. The number of nitrogens with one attached hydrogen (secondary N) is 1. The SMILES string of the molecule is CN(CC1(O)CCCC1)c1cc(Cl)ccc1C(=N)N. The Morgan fingerprint density at radius 1 is 1.47 bits per heavy atom. The van der Waals surface area contributed by atoms with Crippen molar-refractivity contribution in [2.45, 2.75) is 31.3 Å². The van der Waals surface area contributed by atoms with Crippen LogP contribution in [0.4, 0.5) is 5.69 Å². The van der Waals surface area contributed by atoms with E-state index >= 15 is 0 Å². The number of rotatable bonds is 4. The number of likely N-dealkylation sites (N-methyl/N-ethyl adjacent to an activating group) is 1. The fourth-order valence-electron chi connectivity index (χ4n) is 2.77. The van der Waals surface area contributed by atoms with Crippen molar-refractivity contribution in [2.24, 2.45) is 5.73 Å². The van der Waals surface area contributed by atoms with Crippen molar-refractivity contribution in [3.05, 3.63) is 28.8 Å². The van der Waals surface area contributed by atoms with E-state index in [4.69, 9.17) is 22.7 Å². The second-order valence-corrected chi connectivity index (χ2v) is 5.80. The van der Waals surface area contributed by atoms with Gasteiger partial charge in [0.2, 0.25) is 0 Å². The van der Waals surface area contributed by atoms with Crippen molar-refractivity contribution >= 4 is 23.1 Å². The molecular weight excluding hydrogens is 262 g/mol. The van der Waals surface area contributed by atoms with Crippen molar-refractivity contribution in [2.75, 3.05) is 18.5 Å². The monoisotopic (exact) mass is 281 g/mol. The topological polar surface area (TPSA) is 73.3 Å². The molecule has 0 aliphatic heterocycles. The number of hydrogen-bond donors (Lipinski definition) is 3. The van der Waals surface area contributed by atoms with Gasteiger partial charge in [0.15, 0.2) is 0 Å². The van der Waals surface area contributed by atoms with Crippen LogP contribution in [0.2, 0.25) is 5.02 Å². The number of nitrogen functional groups attached to an aromatic ring is 1. The van der Waals surface area contributed by atoms with Crippen LogP contribution >= 0.6 is 11.6 Å². The molecule has 0 heterocycles. The Hall–Kier alpha value is -1.26. The summed E-state index contributed by atoms with van der Waals surface area (Å²) in [5, 5.41) is 18.7. The van der Waals surface area contributed by atoms with Gasteiger partial charge in [-0.2, -0.15) is 0 Å². The first-order chi connectivity index (χ1) is 8.91. The van der Waals surface area contributed by atoms with Crippen LogP contribution in [0.5, 0.6) is 0 Å². The van der Waals surface area contributed by atoms with Crippen LogP contribution in [0, 0.1) is 5.41 Å². The van der Waals surface area contributed by atoms with Gasteiger partial charge in [0, 0.05) is 29.9 Å². The quantitative estimate of drug-likeness (QED) is 0.586. The molecule has 0 unspecified atom stereocenters. The van der Waals surface area contributed by atoms with Gasteiger partial charge in [-0.1, -0.05) is 24.4 Å². The second kappa shape index (κ2) is 5.39. The standard InChI is InChI=1S/C14H20ClN3O/c1-18(9-14(19)6-2-3-7-14)12-8-10(15)4-5-11(12)13(16)17/h4-5,8,19H,2-3,6-7,9H2,1H3,(H3,16,17). The molecule has 0 radical (unpaired) electrons. The summed E-state index contributed by atoms with van der Waals surface area (Å²) in [5.74, 6) is 0.0110. The minimum Gasteiger partial charge on any atom is -0.388 e. The number of benzene rings is 1. The molecule has 0 bridgehead atoms. The van der Waals surface area contributed by atoms with Crippen LogP contribution < -0.4 is 10.6 Å². The molecule has 5 heteroatoms. The molecule has 1 aliphatic rings. The van der Waals surface area contributed by atoms with E-state index < -0.39 is 5.60 Å². The Balaban J connectivity index is 2.24. The highest BCUT2D eigenvalue weighted by Crippen LogP contribution is 2.32. The Bertz CT molecular complexity index is 484. The fourth-order valence-corrected chi connectivity index (χ4v) is 2.93. The average molecular weight is 282 g/mol. The first-order valence-electron chi connectivity index (χ1n) is 6.49.